The van der Waals surface area contributed by atoms with Crippen molar-refractivity contribution in [3.8, 4) is 11.4 Å². The number of nitrogens with one attached hydrogen (secondary N) is 1. The van der Waals surface area contributed by atoms with E-state index in [9.17, 15) is 9.59 Å². The average molecular weight is 493 g/mol. The maximum Gasteiger partial charge on any atom is 0.323 e. The van der Waals surface area contributed by atoms with E-state index in [-0.39, 0.29) is 23.7 Å². The molecule has 3 heterocycles. The number of aromatic nitrogens is 3. The molecule has 5 rings (SSSR count). The number of carbonyl (C=O) groups excluding carboxylic acids is 1. The van der Waals surface area contributed by atoms with Crippen molar-refractivity contribution in [1.29, 1.82) is 0 Å². The topological polar surface area (TPSA) is 87.4 Å². The Kier molecular flexibility index (Phi) is 7.25. The molecule has 3 aromatic rings. The van der Waals surface area contributed by atoms with Crippen molar-refractivity contribution < 1.29 is 14.3 Å². The van der Waals surface area contributed by atoms with E-state index in [4.69, 9.17) is 14.5 Å². The van der Waals surface area contributed by atoms with Crippen molar-refractivity contribution in [3.63, 3.8) is 0 Å². The lowest BCUT2D eigenvalue weighted by molar-refractivity contribution is -0.155. The highest BCUT2D eigenvalue weighted by Crippen LogP contribution is 2.28. The van der Waals surface area contributed by atoms with Gasteiger partial charge in [0.15, 0.2) is 0 Å². The lowest BCUT2D eigenvalue weighted by Crippen LogP contribution is -2.40. The van der Waals surface area contributed by atoms with Gasteiger partial charge in [-0.05, 0) is 62.8 Å². The number of nitrogens with zero attached hydrogens (tertiary/aromatic N) is 3. The Bertz CT molecular complexity index is 1270. The molecule has 1 saturated carbocycles. The number of esters is 1. The van der Waals surface area contributed by atoms with E-state index in [1.807, 2.05) is 26.1 Å². The molecule has 2 unspecified atom stereocenters. The predicted molar refractivity (Wildman–Crippen MR) is 139 cm³/mol. The van der Waals surface area contributed by atoms with Crippen LogP contribution < -0.4 is 10.9 Å². The third-order valence-corrected chi connectivity index (χ3v) is 7.48. The number of pyridine rings is 1. The van der Waals surface area contributed by atoms with Crippen LogP contribution in [0, 0.1) is 12.8 Å². The quantitative estimate of drug-likeness (QED) is 0.458. The van der Waals surface area contributed by atoms with Crippen molar-refractivity contribution >= 4 is 17.0 Å². The molecule has 2 fully saturated rings. The number of ether oxygens (including phenoxy) is 2. The molecule has 1 N–H and O–H groups in total. The second-order valence-electron chi connectivity index (χ2n) is 10.3. The van der Waals surface area contributed by atoms with Crippen LogP contribution in [0.3, 0.4) is 0 Å². The molecule has 0 amide bonds. The fourth-order valence-electron chi connectivity index (χ4n) is 5.05. The van der Waals surface area contributed by atoms with E-state index in [0.29, 0.717) is 24.4 Å². The Morgan fingerprint density at radius 2 is 2.11 bits per heavy atom. The molecule has 0 radical (unpaired) electrons. The fourth-order valence-corrected chi connectivity index (χ4v) is 5.05. The Morgan fingerprint density at radius 3 is 2.78 bits per heavy atom. The molecule has 192 valence electrons. The molecular formula is C28H36N4O4. The lowest BCUT2D eigenvalue weighted by atomic mass is 9.96. The third kappa shape index (κ3) is 5.11. The zero-order chi connectivity index (χ0) is 25.2. The van der Waals surface area contributed by atoms with Gasteiger partial charge in [0.05, 0.1) is 17.6 Å². The first-order chi connectivity index (χ1) is 17.4. The van der Waals surface area contributed by atoms with Gasteiger partial charge in [-0.15, -0.1) is 0 Å². The molecule has 0 spiro atoms. The van der Waals surface area contributed by atoms with Crippen LogP contribution >= 0.6 is 0 Å². The van der Waals surface area contributed by atoms with Crippen molar-refractivity contribution in [2.24, 2.45) is 13.0 Å². The van der Waals surface area contributed by atoms with E-state index in [1.165, 1.54) is 0 Å². The van der Waals surface area contributed by atoms with E-state index < -0.39 is 0 Å². The third-order valence-electron chi connectivity index (χ3n) is 7.48. The first-order valence-electron chi connectivity index (χ1n) is 13.1. The first kappa shape index (κ1) is 24.7. The largest absolute Gasteiger partial charge is 0.461 e. The van der Waals surface area contributed by atoms with Gasteiger partial charge in [0.2, 0.25) is 0 Å². The van der Waals surface area contributed by atoms with Gasteiger partial charge >= 0.3 is 5.97 Å². The van der Waals surface area contributed by atoms with Crippen molar-refractivity contribution in [3.05, 3.63) is 51.9 Å². The van der Waals surface area contributed by atoms with E-state index in [1.54, 1.807) is 11.6 Å². The van der Waals surface area contributed by atoms with E-state index in [2.05, 4.69) is 28.1 Å². The molecule has 8 heteroatoms. The number of benzene rings is 1. The number of carbonyl (C=O) groups is 1. The highest BCUT2D eigenvalue weighted by Gasteiger charge is 2.26. The number of hydrogen-bond donors (Lipinski definition) is 1. The predicted octanol–water partition coefficient (Wildman–Crippen LogP) is 3.71. The summed E-state index contributed by atoms with van der Waals surface area (Å²) >= 11 is 0. The highest BCUT2D eigenvalue weighted by atomic mass is 16.5. The highest BCUT2D eigenvalue weighted by molar-refractivity contribution is 5.81. The van der Waals surface area contributed by atoms with Crippen LogP contribution in [0.25, 0.3) is 22.4 Å². The van der Waals surface area contributed by atoms with Gasteiger partial charge in [-0.3, -0.25) is 9.59 Å². The molecule has 8 nitrogen and oxygen atoms in total. The molecule has 1 saturated heterocycles. The molecule has 2 aromatic heterocycles. The van der Waals surface area contributed by atoms with Gasteiger partial charge < -0.3 is 23.9 Å². The van der Waals surface area contributed by atoms with Crippen molar-refractivity contribution in [1.82, 2.24) is 19.4 Å². The number of rotatable bonds is 9. The summed E-state index contributed by atoms with van der Waals surface area (Å²) in [5.41, 5.74) is 4.65. The standard InChI is InChI=1S/C28H36N4O4/c1-4-23(28(34)36-22-6-5-7-22)29-14-19-8-9-25-24(13-19)30-26(32(25)15-20-10-11-35-17-20)21-12-18(2)27(33)31(3)16-21/h8-9,12-13,16,20,22-23,29H,4-7,10-11,14-15,17H2,1-3H3. The summed E-state index contributed by atoms with van der Waals surface area (Å²) in [6.45, 7) is 6.76. The minimum atomic E-state index is -0.314. The van der Waals surface area contributed by atoms with Gasteiger partial charge in [0.25, 0.3) is 5.56 Å². The maximum absolute atomic E-state index is 12.5. The summed E-state index contributed by atoms with van der Waals surface area (Å²) in [6.07, 6.45) is 6.77. The summed E-state index contributed by atoms with van der Waals surface area (Å²) in [6, 6.07) is 7.91. The Morgan fingerprint density at radius 1 is 1.28 bits per heavy atom. The normalized spacial score (nSPS) is 18.9. The average Bonchev–Trinajstić information content (AvgIpc) is 3.48. The number of imidazole rings is 1. The summed E-state index contributed by atoms with van der Waals surface area (Å²) in [7, 11) is 1.78. The first-order valence-corrected chi connectivity index (χ1v) is 13.1. The van der Waals surface area contributed by atoms with Crippen molar-refractivity contribution in [2.75, 3.05) is 13.2 Å². The molecule has 36 heavy (non-hydrogen) atoms. The van der Waals surface area contributed by atoms with Crippen molar-refractivity contribution in [2.45, 2.75) is 71.2 Å². The van der Waals surface area contributed by atoms with Crippen LogP contribution in [0.5, 0.6) is 0 Å². The van der Waals surface area contributed by atoms with Crippen LogP contribution in [0.2, 0.25) is 0 Å². The fraction of sp³-hybridized carbons (Fsp3) is 0.536. The van der Waals surface area contributed by atoms with Crippen LogP contribution in [-0.2, 0) is 34.4 Å². The molecule has 1 aromatic carbocycles. The monoisotopic (exact) mass is 492 g/mol. The van der Waals surface area contributed by atoms with E-state index in [0.717, 1.165) is 73.4 Å². The molecule has 2 aliphatic rings. The minimum Gasteiger partial charge on any atom is -0.461 e. The van der Waals surface area contributed by atoms with Crippen LogP contribution in [0.1, 0.15) is 50.2 Å². The van der Waals surface area contributed by atoms with Gasteiger partial charge in [0.1, 0.15) is 18.0 Å². The smallest absolute Gasteiger partial charge is 0.323 e. The van der Waals surface area contributed by atoms with Crippen LogP contribution in [0.15, 0.2) is 35.3 Å². The minimum absolute atomic E-state index is 0.000257. The zero-order valence-corrected chi connectivity index (χ0v) is 21.5. The molecule has 1 aliphatic carbocycles. The second kappa shape index (κ2) is 10.6. The van der Waals surface area contributed by atoms with Gasteiger partial charge in [-0.25, -0.2) is 4.98 Å². The molecule has 1 aliphatic heterocycles. The summed E-state index contributed by atoms with van der Waals surface area (Å²) in [4.78, 5) is 29.8. The Hall–Kier alpha value is -2.97. The maximum atomic E-state index is 12.5. The molecular weight excluding hydrogens is 456 g/mol. The SMILES string of the molecule is CCC(NCc1ccc2c(c1)nc(-c1cc(C)c(=O)n(C)c1)n2CC1CCOC1)C(=O)OC1CCC1. The number of aryl methyl sites for hydroxylation is 2. The second-order valence-corrected chi connectivity index (χ2v) is 10.3. The molecule has 0 bridgehead atoms. The summed E-state index contributed by atoms with van der Waals surface area (Å²) in [5, 5.41) is 3.37. The van der Waals surface area contributed by atoms with Gasteiger partial charge in [0, 0.05) is 50.0 Å². The van der Waals surface area contributed by atoms with Crippen LogP contribution in [-0.4, -0.2) is 45.4 Å². The van der Waals surface area contributed by atoms with Gasteiger partial charge in [-0.1, -0.05) is 13.0 Å². The lowest BCUT2D eigenvalue weighted by Gasteiger charge is -2.27. The summed E-state index contributed by atoms with van der Waals surface area (Å²) < 4.78 is 15.1. The Labute approximate surface area is 211 Å². The summed E-state index contributed by atoms with van der Waals surface area (Å²) in [5.74, 6) is 1.14. The van der Waals surface area contributed by atoms with Gasteiger partial charge in [-0.2, -0.15) is 0 Å². The Balaban J connectivity index is 1.42. The number of fused-ring (bicyclic) bond motifs is 1. The zero-order valence-electron chi connectivity index (χ0n) is 21.5. The van der Waals surface area contributed by atoms with Crippen LogP contribution in [0.4, 0.5) is 0 Å². The van der Waals surface area contributed by atoms with E-state index >= 15 is 0 Å². The number of hydrogen-bond acceptors (Lipinski definition) is 6. The molecule has 2 atom stereocenters.